The van der Waals surface area contributed by atoms with E-state index in [1.807, 2.05) is 43.3 Å². The fraction of sp³-hybridized carbons (Fsp3) is 0.200. The van der Waals surface area contributed by atoms with E-state index in [1.54, 1.807) is 12.1 Å². The van der Waals surface area contributed by atoms with E-state index in [0.29, 0.717) is 17.1 Å². The normalized spacial score (nSPS) is 10.2. The van der Waals surface area contributed by atoms with Gasteiger partial charge in [-0.25, -0.2) is 0 Å². The minimum atomic E-state index is -0.419. The van der Waals surface area contributed by atoms with Crippen LogP contribution in [0.4, 0.5) is 17.1 Å². The van der Waals surface area contributed by atoms with Crippen LogP contribution >= 0.6 is 11.6 Å². The highest BCUT2D eigenvalue weighted by Gasteiger charge is 2.13. The first-order chi connectivity index (χ1) is 9.97. The second kappa shape index (κ2) is 6.45. The van der Waals surface area contributed by atoms with E-state index in [0.717, 1.165) is 11.4 Å². The molecule has 0 atom stereocenters. The summed E-state index contributed by atoms with van der Waals surface area (Å²) in [5.74, 6) is 0. The Morgan fingerprint density at radius 2 is 1.86 bits per heavy atom. The Bertz CT molecular complexity index is 642. The summed E-state index contributed by atoms with van der Waals surface area (Å²) in [5.41, 5.74) is 2.63. The van der Waals surface area contributed by atoms with E-state index in [-0.39, 0.29) is 5.69 Å². The van der Waals surface area contributed by atoms with Crippen molar-refractivity contribution in [3.8, 4) is 0 Å². The van der Waals surface area contributed by atoms with Gasteiger partial charge in [-0.3, -0.25) is 10.1 Å². The maximum absolute atomic E-state index is 11.0. The quantitative estimate of drug-likeness (QED) is 0.672. The van der Waals surface area contributed by atoms with E-state index >= 15 is 0 Å². The highest BCUT2D eigenvalue weighted by Crippen LogP contribution is 2.24. The average molecular weight is 306 g/mol. The summed E-state index contributed by atoms with van der Waals surface area (Å²) in [7, 11) is 3.94. The van der Waals surface area contributed by atoms with Gasteiger partial charge in [-0.15, -0.1) is 0 Å². The topological polar surface area (TPSA) is 58.4 Å². The van der Waals surface area contributed by atoms with Crippen LogP contribution in [-0.4, -0.2) is 19.0 Å². The molecule has 0 spiro atoms. The fourth-order valence-corrected chi connectivity index (χ4v) is 2.10. The van der Waals surface area contributed by atoms with Gasteiger partial charge < -0.3 is 10.2 Å². The van der Waals surface area contributed by atoms with Gasteiger partial charge >= 0.3 is 0 Å². The molecule has 0 unspecified atom stereocenters. The molecular formula is C15H16ClN3O2. The van der Waals surface area contributed by atoms with Crippen molar-refractivity contribution in [1.82, 2.24) is 0 Å². The molecule has 0 amide bonds. The highest BCUT2D eigenvalue weighted by molar-refractivity contribution is 6.30. The molecule has 2 rings (SSSR count). The van der Waals surface area contributed by atoms with Gasteiger partial charge in [-0.05, 0) is 36.4 Å². The summed E-state index contributed by atoms with van der Waals surface area (Å²) in [6.07, 6.45) is 0. The number of rotatable bonds is 5. The largest absolute Gasteiger partial charge is 0.381 e. The van der Waals surface area contributed by atoms with E-state index in [9.17, 15) is 10.1 Å². The zero-order valence-corrected chi connectivity index (χ0v) is 12.6. The minimum absolute atomic E-state index is 0.0277. The summed E-state index contributed by atoms with van der Waals surface area (Å²) < 4.78 is 0. The third kappa shape index (κ3) is 3.86. The first-order valence-electron chi connectivity index (χ1n) is 6.41. The van der Waals surface area contributed by atoms with Crippen molar-refractivity contribution < 1.29 is 4.92 Å². The van der Waals surface area contributed by atoms with E-state index in [2.05, 4.69) is 5.32 Å². The van der Waals surface area contributed by atoms with Gasteiger partial charge in [0.15, 0.2) is 0 Å². The van der Waals surface area contributed by atoms with Crippen molar-refractivity contribution in [2.45, 2.75) is 6.54 Å². The third-order valence-corrected chi connectivity index (χ3v) is 3.35. The second-order valence-electron chi connectivity index (χ2n) is 4.82. The molecule has 2 aromatic carbocycles. The zero-order valence-electron chi connectivity index (χ0n) is 11.8. The predicted molar refractivity (Wildman–Crippen MR) is 86.2 cm³/mol. The summed E-state index contributed by atoms with van der Waals surface area (Å²) in [6, 6.07) is 12.5. The number of hydrogen-bond donors (Lipinski definition) is 1. The van der Waals surface area contributed by atoms with Gasteiger partial charge in [0.2, 0.25) is 0 Å². The molecule has 0 saturated heterocycles. The summed E-state index contributed by atoms with van der Waals surface area (Å²) >= 11 is 5.80. The summed E-state index contributed by atoms with van der Waals surface area (Å²) in [4.78, 5) is 12.6. The van der Waals surface area contributed by atoms with Crippen LogP contribution in [0.25, 0.3) is 0 Å². The third-order valence-electron chi connectivity index (χ3n) is 3.11. The lowest BCUT2D eigenvalue weighted by atomic mass is 10.1. The van der Waals surface area contributed by atoms with Crippen LogP contribution < -0.4 is 10.2 Å². The number of anilines is 2. The molecule has 0 aromatic heterocycles. The van der Waals surface area contributed by atoms with Crippen LogP contribution in [0, 0.1) is 10.1 Å². The number of hydrogen-bond acceptors (Lipinski definition) is 4. The monoisotopic (exact) mass is 305 g/mol. The lowest BCUT2D eigenvalue weighted by Gasteiger charge is -2.13. The lowest BCUT2D eigenvalue weighted by molar-refractivity contribution is -0.385. The molecule has 110 valence electrons. The van der Waals surface area contributed by atoms with Crippen molar-refractivity contribution >= 4 is 28.7 Å². The van der Waals surface area contributed by atoms with Crippen LogP contribution in [-0.2, 0) is 6.54 Å². The minimum Gasteiger partial charge on any atom is -0.381 e. The number of halogens is 1. The summed E-state index contributed by atoms with van der Waals surface area (Å²) in [5, 5.41) is 14.6. The van der Waals surface area contributed by atoms with Crippen LogP contribution in [0.15, 0.2) is 42.5 Å². The molecule has 0 saturated carbocycles. The van der Waals surface area contributed by atoms with Crippen molar-refractivity contribution in [3.63, 3.8) is 0 Å². The molecule has 0 radical (unpaired) electrons. The number of nitrogens with zero attached hydrogens (tertiary/aromatic N) is 2. The average Bonchev–Trinajstić information content (AvgIpc) is 2.46. The van der Waals surface area contributed by atoms with Crippen molar-refractivity contribution in [1.29, 1.82) is 0 Å². The molecule has 2 aromatic rings. The molecule has 0 aliphatic rings. The molecule has 0 heterocycles. The van der Waals surface area contributed by atoms with Crippen molar-refractivity contribution in [3.05, 3.63) is 63.2 Å². The van der Waals surface area contributed by atoms with Gasteiger partial charge in [0.1, 0.15) is 0 Å². The van der Waals surface area contributed by atoms with Crippen molar-refractivity contribution in [2.24, 2.45) is 0 Å². The molecule has 0 aliphatic carbocycles. The van der Waals surface area contributed by atoms with Crippen LogP contribution in [0.5, 0.6) is 0 Å². The Hall–Kier alpha value is -2.27. The molecule has 0 fully saturated rings. The molecule has 21 heavy (non-hydrogen) atoms. The van der Waals surface area contributed by atoms with Crippen LogP contribution in [0.1, 0.15) is 5.56 Å². The predicted octanol–water partition coefficient (Wildman–Crippen LogP) is 3.93. The Balaban J connectivity index is 2.11. The maximum Gasteiger partial charge on any atom is 0.275 e. The zero-order chi connectivity index (χ0) is 15.4. The number of nitro groups is 1. The van der Waals surface area contributed by atoms with Gasteiger partial charge in [0, 0.05) is 48.7 Å². The molecule has 0 bridgehead atoms. The standard InChI is InChI=1S/C15H16ClN3O2/c1-18(2)14-7-5-13(6-8-14)17-10-11-3-4-12(16)9-15(11)19(20)21/h3-9,17H,10H2,1-2H3. The highest BCUT2D eigenvalue weighted by atomic mass is 35.5. The van der Waals surface area contributed by atoms with Gasteiger partial charge in [-0.2, -0.15) is 0 Å². The SMILES string of the molecule is CN(C)c1ccc(NCc2ccc(Cl)cc2[N+](=O)[O-])cc1. The molecule has 6 heteroatoms. The Kier molecular flexibility index (Phi) is 4.65. The van der Waals surface area contributed by atoms with Gasteiger partial charge in [0.05, 0.1) is 4.92 Å². The first-order valence-corrected chi connectivity index (χ1v) is 6.79. The Labute approximate surface area is 128 Å². The van der Waals surface area contributed by atoms with Gasteiger partial charge in [0.25, 0.3) is 5.69 Å². The van der Waals surface area contributed by atoms with E-state index < -0.39 is 4.92 Å². The van der Waals surface area contributed by atoms with Crippen LogP contribution in [0.3, 0.4) is 0 Å². The van der Waals surface area contributed by atoms with Crippen LogP contribution in [0.2, 0.25) is 5.02 Å². The van der Waals surface area contributed by atoms with E-state index in [1.165, 1.54) is 6.07 Å². The molecular weight excluding hydrogens is 290 g/mol. The number of nitro benzene ring substituents is 1. The molecule has 0 aliphatic heterocycles. The summed E-state index contributed by atoms with van der Waals surface area (Å²) in [6.45, 7) is 0.370. The fourth-order valence-electron chi connectivity index (χ4n) is 1.93. The van der Waals surface area contributed by atoms with Gasteiger partial charge in [-0.1, -0.05) is 11.6 Å². The van der Waals surface area contributed by atoms with E-state index in [4.69, 9.17) is 11.6 Å². The molecule has 1 N–H and O–H groups in total. The lowest BCUT2D eigenvalue weighted by Crippen LogP contribution is -2.08. The Morgan fingerprint density at radius 3 is 2.43 bits per heavy atom. The number of nitrogens with one attached hydrogen (secondary N) is 1. The Morgan fingerprint density at radius 1 is 1.19 bits per heavy atom. The van der Waals surface area contributed by atoms with Crippen molar-refractivity contribution in [2.75, 3.05) is 24.3 Å². The smallest absolute Gasteiger partial charge is 0.275 e. The maximum atomic E-state index is 11.0. The first kappa shape index (κ1) is 15.1. The molecule has 5 nitrogen and oxygen atoms in total. The number of benzene rings is 2. The second-order valence-corrected chi connectivity index (χ2v) is 5.26.